The molecule has 1 heterocycles. The Morgan fingerprint density at radius 2 is 1.83 bits per heavy atom. The highest BCUT2D eigenvalue weighted by Gasteiger charge is 2.15. The molecule has 124 valence electrons. The number of halogens is 2. The second-order valence-corrected chi connectivity index (χ2v) is 6.09. The average Bonchev–Trinajstić information content (AvgIpc) is 2.94. The van der Waals surface area contributed by atoms with Crippen LogP contribution >= 0.6 is 0 Å². The van der Waals surface area contributed by atoms with E-state index in [1.54, 1.807) is 13.0 Å². The van der Waals surface area contributed by atoms with Gasteiger partial charge in [-0.15, -0.1) is 0 Å². The molecule has 1 unspecified atom stereocenters. The predicted octanol–water partition coefficient (Wildman–Crippen LogP) is 4.55. The molecule has 0 saturated carbocycles. The third-order valence-corrected chi connectivity index (χ3v) is 4.13. The SMILES string of the molecule is Cc1cc(C)c2cc(C(=O)NC(C)c3ccc(F)c(F)c3)[nH]c2c1. The van der Waals surface area contributed by atoms with Gasteiger partial charge in [0.2, 0.25) is 0 Å². The zero-order valence-electron chi connectivity index (χ0n) is 13.7. The van der Waals surface area contributed by atoms with Crippen LogP contribution in [0, 0.1) is 25.5 Å². The lowest BCUT2D eigenvalue weighted by Crippen LogP contribution is -2.27. The van der Waals surface area contributed by atoms with Crippen LogP contribution in [0.5, 0.6) is 0 Å². The van der Waals surface area contributed by atoms with Crippen molar-refractivity contribution in [2.24, 2.45) is 0 Å². The van der Waals surface area contributed by atoms with E-state index < -0.39 is 17.7 Å². The summed E-state index contributed by atoms with van der Waals surface area (Å²) in [5.74, 6) is -2.12. The van der Waals surface area contributed by atoms with Crippen LogP contribution in [0.3, 0.4) is 0 Å². The molecule has 0 saturated heterocycles. The van der Waals surface area contributed by atoms with Crippen molar-refractivity contribution in [2.75, 3.05) is 0 Å². The van der Waals surface area contributed by atoms with Gasteiger partial charge in [0.15, 0.2) is 11.6 Å². The summed E-state index contributed by atoms with van der Waals surface area (Å²) in [6.45, 7) is 5.72. The molecule has 24 heavy (non-hydrogen) atoms. The van der Waals surface area contributed by atoms with E-state index in [9.17, 15) is 13.6 Å². The van der Waals surface area contributed by atoms with Crippen molar-refractivity contribution in [3.05, 3.63) is 70.4 Å². The fourth-order valence-corrected chi connectivity index (χ4v) is 2.86. The number of H-pyrrole nitrogens is 1. The Hall–Kier alpha value is -2.69. The Labute approximate surface area is 138 Å². The van der Waals surface area contributed by atoms with Crippen molar-refractivity contribution in [2.45, 2.75) is 26.8 Å². The molecule has 0 aliphatic rings. The minimum Gasteiger partial charge on any atom is -0.351 e. The molecule has 1 amide bonds. The molecule has 2 N–H and O–H groups in total. The number of benzene rings is 2. The number of nitrogens with one attached hydrogen (secondary N) is 2. The fourth-order valence-electron chi connectivity index (χ4n) is 2.86. The number of aromatic nitrogens is 1. The van der Waals surface area contributed by atoms with Crippen molar-refractivity contribution in [1.29, 1.82) is 0 Å². The van der Waals surface area contributed by atoms with Crippen molar-refractivity contribution in [3.63, 3.8) is 0 Å². The lowest BCUT2D eigenvalue weighted by molar-refractivity contribution is 0.0935. The van der Waals surface area contributed by atoms with E-state index in [0.29, 0.717) is 11.3 Å². The van der Waals surface area contributed by atoms with Gasteiger partial charge in [-0.3, -0.25) is 4.79 Å². The zero-order chi connectivity index (χ0) is 17.4. The van der Waals surface area contributed by atoms with Crippen LogP contribution in [0.15, 0.2) is 36.4 Å². The predicted molar refractivity (Wildman–Crippen MR) is 90.0 cm³/mol. The number of fused-ring (bicyclic) bond motifs is 1. The van der Waals surface area contributed by atoms with Crippen LogP contribution in [-0.4, -0.2) is 10.9 Å². The van der Waals surface area contributed by atoms with Crippen LogP contribution in [0.25, 0.3) is 10.9 Å². The topological polar surface area (TPSA) is 44.9 Å². The van der Waals surface area contributed by atoms with Crippen molar-refractivity contribution in [1.82, 2.24) is 10.3 Å². The Morgan fingerprint density at radius 3 is 2.54 bits per heavy atom. The quantitative estimate of drug-likeness (QED) is 0.728. The molecule has 0 spiro atoms. The molecular formula is C19H18F2N2O. The lowest BCUT2D eigenvalue weighted by Gasteiger charge is -2.14. The zero-order valence-corrected chi connectivity index (χ0v) is 13.7. The molecular weight excluding hydrogens is 310 g/mol. The fraction of sp³-hybridized carbons (Fsp3) is 0.211. The lowest BCUT2D eigenvalue weighted by atomic mass is 10.1. The summed E-state index contributed by atoms with van der Waals surface area (Å²) in [6, 6.07) is 9.02. The Kier molecular flexibility index (Phi) is 4.09. The summed E-state index contributed by atoms with van der Waals surface area (Å²) in [4.78, 5) is 15.5. The number of aryl methyl sites for hydroxylation is 2. The second kappa shape index (κ2) is 6.07. The van der Waals surface area contributed by atoms with E-state index in [0.717, 1.165) is 34.2 Å². The maximum atomic E-state index is 13.3. The summed E-state index contributed by atoms with van der Waals surface area (Å²) in [5, 5.41) is 3.79. The molecule has 5 heteroatoms. The molecule has 0 aliphatic heterocycles. The van der Waals surface area contributed by atoms with Crippen molar-refractivity contribution >= 4 is 16.8 Å². The standard InChI is InChI=1S/C19H18F2N2O/c1-10-6-11(2)14-9-18(23-17(14)7-10)19(24)22-12(3)13-4-5-15(20)16(21)8-13/h4-9,12,23H,1-3H3,(H,22,24). The maximum absolute atomic E-state index is 13.3. The van der Waals surface area contributed by atoms with Gasteiger partial charge in [-0.05, 0) is 61.7 Å². The van der Waals surface area contributed by atoms with E-state index in [1.807, 2.05) is 19.9 Å². The first kappa shape index (κ1) is 16.2. The molecule has 1 atom stereocenters. The first-order valence-corrected chi connectivity index (χ1v) is 7.71. The third kappa shape index (κ3) is 3.02. The van der Waals surface area contributed by atoms with Crippen LogP contribution in [-0.2, 0) is 0 Å². The van der Waals surface area contributed by atoms with Gasteiger partial charge >= 0.3 is 0 Å². The Morgan fingerprint density at radius 1 is 1.08 bits per heavy atom. The molecule has 3 nitrogen and oxygen atoms in total. The van der Waals surface area contributed by atoms with Gasteiger partial charge in [-0.1, -0.05) is 12.1 Å². The second-order valence-electron chi connectivity index (χ2n) is 6.09. The Bertz CT molecular complexity index is 931. The number of carbonyl (C=O) groups is 1. The third-order valence-electron chi connectivity index (χ3n) is 4.13. The minimum absolute atomic E-state index is 0.291. The normalized spacial score (nSPS) is 12.4. The van der Waals surface area contributed by atoms with Gasteiger partial charge in [0.25, 0.3) is 5.91 Å². The highest BCUT2D eigenvalue weighted by molar-refractivity contribution is 5.99. The number of aromatic amines is 1. The monoisotopic (exact) mass is 328 g/mol. The smallest absolute Gasteiger partial charge is 0.268 e. The molecule has 0 radical (unpaired) electrons. The summed E-state index contributed by atoms with van der Waals surface area (Å²) < 4.78 is 26.3. The minimum atomic E-state index is -0.926. The largest absolute Gasteiger partial charge is 0.351 e. The van der Waals surface area contributed by atoms with E-state index in [-0.39, 0.29) is 5.91 Å². The summed E-state index contributed by atoms with van der Waals surface area (Å²) in [7, 11) is 0. The molecule has 3 rings (SSSR count). The molecule has 0 aliphatic carbocycles. The van der Waals surface area contributed by atoms with Gasteiger partial charge in [-0.2, -0.15) is 0 Å². The number of carbonyl (C=O) groups excluding carboxylic acids is 1. The highest BCUT2D eigenvalue weighted by Crippen LogP contribution is 2.22. The van der Waals surface area contributed by atoms with Crippen LogP contribution in [0.4, 0.5) is 8.78 Å². The highest BCUT2D eigenvalue weighted by atomic mass is 19.2. The summed E-state index contributed by atoms with van der Waals surface area (Å²) in [5.41, 5.74) is 4.05. The van der Waals surface area contributed by atoms with Crippen LogP contribution in [0.1, 0.15) is 40.1 Å². The molecule has 0 fully saturated rings. The first-order chi connectivity index (χ1) is 11.3. The molecule has 0 bridgehead atoms. The van der Waals surface area contributed by atoms with Gasteiger partial charge in [-0.25, -0.2) is 8.78 Å². The van der Waals surface area contributed by atoms with Crippen LogP contribution < -0.4 is 5.32 Å². The van der Waals surface area contributed by atoms with E-state index in [2.05, 4.69) is 16.4 Å². The summed E-state index contributed by atoms with van der Waals surface area (Å²) >= 11 is 0. The molecule has 1 aromatic heterocycles. The first-order valence-electron chi connectivity index (χ1n) is 7.71. The van der Waals surface area contributed by atoms with Crippen molar-refractivity contribution < 1.29 is 13.6 Å². The van der Waals surface area contributed by atoms with Crippen molar-refractivity contribution in [3.8, 4) is 0 Å². The number of rotatable bonds is 3. The van der Waals surface area contributed by atoms with E-state index >= 15 is 0 Å². The Balaban J connectivity index is 1.84. The maximum Gasteiger partial charge on any atom is 0.268 e. The summed E-state index contributed by atoms with van der Waals surface area (Å²) in [6.07, 6.45) is 0. The van der Waals surface area contributed by atoms with E-state index in [4.69, 9.17) is 0 Å². The van der Waals surface area contributed by atoms with Gasteiger partial charge in [0, 0.05) is 10.9 Å². The number of hydrogen-bond donors (Lipinski definition) is 2. The molecule has 3 aromatic rings. The van der Waals surface area contributed by atoms with Crippen LogP contribution in [0.2, 0.25) is 0 Å². The number of hydrogen-bond acceptors (Lipinski definition) is 1. The van der Waals surface area contributed by atoms with Gasteiger partial charge in [0.05, 0.1) is 6.04 Å². The van der Waals surface area contributed by atoms with E-state index in [1.165, 1.54) is 6.07 Å². The molecule has 2 aromatic carbocycles. The van der Waals surface area contributed by atoms with Gasteiger partial charge < -0.3 is 10.3 Å². The van der Waals surface area contributed by atoms with Gasteiger partial charge in [0.1, 0.15) is 5.69 Å². The number of amides is 1. The average molecular weight is 328 g/mol.